The first-order valence-electron chi connectivity index (χ1n) is 16.0. The van der Waals surface area contributed by atoms with Gasteiger partial charge in [-0.1, -0.05) is 30.3 Å². The third kappa shape index (κ3) is 9.19. The minimum absolute atomic E-state index is 0.306. The summed E-state index contributed by atoms with van der Waals surface area (Å²) < 4.78 is 13.9. The van der Waals surface area contributed by atoms with E-state index in [9.17, 15) is 9.59 Å². The molecular weight excluding hydrogens is 554 g/mol. The number of nitrogens with zero attached hydrogens (tertiary/aromatic N) is 5. The van der Waals surface area contributed by atoms with Gasteiger partial charge in [0.1, 0.15) is 23.2 Å². The Morgan fingerprint density at radius 1 is 0.886 bits per heavy atom. The van der Waals surface area contributed by atoms with Crippen LogP contribution in [0.2, 0.25) is 0 Å². The number of benzene rings is 1. The van der Waals surface area contributed by atoms with E-state index < -0.39 is 11.2 Å². The highest BCUT2D eigenvalue weighted by Crippen LogP contribution is 2.38. The molecule has 2 unspecified atom stereocenters. The van der Waals surface area contributed by atoms with Crippen LogP contribution < -0.4 is 0 Å². The maximum Gasteiger partial charge on any atom is 0.410 e. The van der Waals surface area contributed by atoms with Crippen LogP contribution in [-0.2, 0) is 15.9 Å². The van der Waals surface area contributed by atoms with Crippen LogP contribution in [0.4, 0.5) is 9.59 Å². The Bertz CT molecular complexity index is 1410. The first kappa shape index (κ1) is 33.3. The molecule has 1 fully saturated rings. The van der Waals surface area contributed by atoms with Crippen molar-refractivity contribution in [3.63, 3.8) is 0 Å². The fourth-order valence-electron chi connectivity index (χ4n) is 6.08. The molecule has 9 nitrogen and oxygen atoms in total. The molecule has 2 heterocycles. The lowest BCUT2D eigenvalue weighted by molar-refractivity contribution is 0.0186. The van der Waals surface area contributed by atoms with Crippen molar-refractivity contribution in [3.8, 4) is 0 Å². The van der Waals surface area contributed by atoms with Crippen LogP contribution in [0.1, 0.15) is 90.1 Å². The number of aromatic nitrogens is 3. The molecule has 4 rings (SSSR count). The zero-order valence-electron chi connectivity index (χ0n) is 27.9. The Morgan fingerprint density at radius 3 is 2.18 bits per heavy atom. The molecule has 0 N–H and O–H groups in total. The van der Waals surface area contributed by atoms with E-state index in [1.54, 1.807) is 11.2 Å². The molecule has 1 aliphatic carbocycles. The molecule has 1 saturated carbocycles. The Hall–Kier alpha value is -3.62. The molecule has 3 aromatic rings. The van der Waals surface area contributed by atoms with Gasteiger partial charge >= 0.3 is 12.2 Å². The summed E-state index contributed by atoms with van der Waals surface area (Å²) in [7, 11) is 0. The second-order valence-corrected chi connectivity index (χ2v) is 14.2. The van der Waals surface area contributed by atoms with Gasteiger partial charge in [-0.15, -0.1) is 0 Å². The molecule has 0 bridgehead atoms. The van der Waals surface area contributed by atoms with Crippen molar-refractivity contribution in [2.75, 3.05) is 26.2 Å². The largest absolute Gasteiger partial charge is 0.444 e. The average molecular weight is 606 g/mol. The van der Waals surface area contributed by atoms with Gasteiger partial charge in [-0.05, 0) is 105 Å². The number of fused-ring (bicyclic) bond motifs is 1. The highest BCUT2D eigenvalue weighted by atomic mass is 16.6. The molecule has 9 heteroatoms. The van der Waals surface area contributed by atoms with Gasteiger partial charge in [0.2, 0.25) is 0 Å². The molecule has 0 radical (unpaired) electrons. The summed E-state index contributed by atoms with van der Waals surface area (Å²) in [5.41, 5.74) is 3.17. The Labute approximate surface area is 262 Å². The lowest BCUT2D eigenvalue weighted by Gasteiger charge is -2.31. The molecule has 44 heavy (non-hydrogen) atoms. The number of ether oxygens (including phenoxy) is 2. The van der Waals surface area contributed by atoms with E-state index in [0.29, 0.717) is 44.6 Å². The van der Waals surface area contributed by atoms with Crippen molar-refractivity contribution in [2.45, 2.75) is 105 Å². The molecule has 1 aliphatic rings. The zero-order chi connectivity index (χ0) is 32.1. The predicted molar refractivity (Wildman–Crippen MR) is 174 cm³/mol. The van der Waals surface area contributed by atoms with Crippen LogP contribution in [-0.4, -0.2) is 73.9 Å². The second-order valence-electron chi connectivity index (χ2n) is 14.2. The Balaban J connectivity index is 1.42. The van der Waals surface area contributed by atoms with Crippen LogP contribution >= 0.6 is 0 Å². The zero-order valence-corrected chi connectivity index (χ0v) is 27.9. The smallest absolute Gasteiger partial charge is 0.410 e. The van der Waals surface area contributed by atoms with E-state index >= 15 is 0 Å². The fourth-order valence-corrected chi connectivity index (χ4v) is 6.08. The van der Waals surface area contributed by atoms with Gasteiger partial charge in [-0.25, -0.2) is 19.6 Å². The molecule has 2 amide bonds. The van der Waals surface area contributed by atoms with Crippen LogP contribution in [0.3, 0.4) is 0 Å². The summed E-state index contributed by atoms with van der Waals surface area (Å²) in [4.78, 5) is 39.1. The molecular formula is C35H51N5O4. The van der Waals surface area contributed by atoms with Gasteiger partial charge in [0.25, 0.3) is 0 Å². The highest BCUT2D eigenvalue weighted by molar-refractivity contribution is 5.82. The van der Waals surface area contributed by atoms with E-state index in [4.69, 9.17) is 9.47 Å². The number of carbonyl (C=O) groups excluding carboxylic acids is 2. The normalized spacial score (nSPS) is 17.1. The van der Waals surface area contributed by atoms with E-state index in [2.05, 4.69) is 39.8 Å². The van der Waals surface area contributed by atoms with E-state index in [1.807, 2.05) is 71.6 Å². The Morgan fingerprint density at radius 2 is 1.52 bits per heavy atom. The average Bonchev–Trinajstić information content (AvgIpc) is 3.53. The summed E-state index contributed by atoms with van der Waals surface area (Å²) in [6.07, 6.45) is 7.59. The summed E-state index contributed by atoms with van der Waals surface area (Å²) in [6, 6.07) is 10.5. The number of hydrogen-bond acceptors (Lipinski definition) is 6. The van der Waals surface area contributed by atoms with Crippen molar-refractivity contribution in [1.82, 2.24) is 24.3 Å². The number of carbonyl (C=O) groups is 2. The van der Waals surface area contributed by atoms with Gasteiger partial charge in [0.05, 0.1) is 5.69 Å². The maximum absolute atomic E-state index is 13.4. The summed E-state index contributed by atoms with van der Waals surface area (Å²) in [5, 5.41) is 1.13. The standard InChI is InChI=1S/C35H51N5O4/c1-25-22-40(31-30(25)26(2)36-24-37-31)29-16-15-28(21-29)23-39(33(42)44-35(6,7)8)19-12-18-38(32(41)43-34(3,4)5)20-17-27-13-10-9-11-14-27/h9-11,13-14,22,24,28-29H,12,15-21,23H2,1-8H3. The lowest BCUT2D eigenvalue weighted by Crippen LogP contribution is -2.42. The first-order valence-corrected chi connectivity index (χ1v) is 16.0. The summed E-state index contributed by atoms with van der Waals surface area (Å²) in [6.45, 7) is 17.6. The van der Waals surface area contributed by atoms with Gasteiger partial charge in [-0.2, -0.15) is 0 Å². The molecule has 2 aromatic heterocycles. The van der Waals surface area contributed by atoms with Crippen LogP contribution in [0, 0.1) is 19.8 Å². The molecule has 0 spiro atoms. The van der Waals surface area contributed by atoms with Crippen LogP contribution in [0.25, 0.3) is 11.0 Å². The number of amides is 2. The number of aryl methyl sites for hydroxylation is 2. The van der Waals surface area contributed by atoms with Crippen molar-refractivity contribution in [1.29, 1.82) is 0 Å². The Kier molecular flexibility index (Phi) is 10.6. The van der Waals surface area contributed by atoms with Gasteiger partial charge < -0.3 is 23.8 Å². The highest BCUT2D eigenvalue weighted by Gasteiger charge is 2.32. The van der Waals surface area contributed by atoms with E-state index in [-0.39, 0.29) is 12.2 Å². The fraction of sp³-hybridized carbons (Fsp3) is 0.600. The van der Waals surface area contributed by atoms with Gasteiger partial charge in [0.15, 0.2) is 0 Å². The third-order valence-electron chi connectivity index (χ3n) is 8.05. The molecule has 0 aliphatic heterocycles. The molecule has 1 aromatic carbocycles. The third-order valence-corrected chi connectivity index (χ3v) is 8.05. The number of hydrogen-bond donors (Lipinski definition) is 0. The first-order chi connectivity index (χ1) is 20.7. The van der Waals surface area contributed by atoms with Crippen molar-refractivity contribution >= 4 is 23.2 Å². The topological polar surface area (TPSA) is 89.8 Å². The quantitative estimate of drug-likeness (QED) is 0.238. The van der Waals surface area contributed by atoms with Gasteiger partial charge in [0, 0.05) is 43.8 Å². The predicted octanol–water partition coefficient (Wildman–Crippen LogP) is 7.50. The van der Waals surface area contributed by atoms with E-state index in [1.165, 1.54) is 11.1 Å². The van der Waals surface area contributed by atoms with Gasteiger partial charge in [-0.3, -0.25) is 0 Å². The second kappa shape index (κ2) is 14.0. The molecule has 2 atom stereocenters. The van der Waals surface area contributed by atoms with E-state index in [0.717, 1.165) is 42.4 Å². The minimum Gasteiger partial charge on any atom is -0.444 e. The molecule has 240 valence electrons. The minimum atomic E-state index is -0.592. The lowest BCUT2D eigenvalue weighted by atomic mass is 10.1. The maximum atomic E-state index is 13.4. The number of rotatable bonds is 10. The van der Waals surface area contributed by atoms with Crippen molar-refractivity contribution < 1.29 is 19.1 Å². The van der Waals surface area contributed by atoms with Crippen LogP contribution in [0.15, 0.2) is 42.9 Å². The summed E-state index contributed by atoms with van der Waals surface area (Å²) >= 11 is 0. The van der Waals surface area contributed by atoms with Crippen LogP contribution in [0.5, 0.6) is 0 Å². The molecule has 0 saturated heterocycles. The van der Waals surface area contributed by atoms with Crippen molar-refractivity contribution in [2.24, 2.45) is 5.92 Å². The van der Waals surface area contributed by atoms with Crippen molar-refractivity contribution in [3.05, 3.63) is 59.7 Å². The SMILES string of the molecule is Cc1cn(C2CCC(CN(CCCN(CCc3ccccc3)C(=O)OC(C)(C)C)C(=O)OC(C)(C)C)C2)c2ncnc(C)c12. The monoisotopic (exact) mass is 605 g/mol. The summed E-state index contributed by atoms with van der Waals surface area (Å²) in [5.74, 6) is 0.341.